The Morgan fingerprint density at radius 2 is 1.76 bits per heavy atom. The Hall–Kier alpha value is -2.70. The minimum Gasteiger partial charge on any atom is -0.505 e. The quantitative estimate of drug-likeness (QED) is 0.275. The molecule has 0 unspecified atom stereocenters. The lowest BCUT2D eigenvalue weighted by Crippen LogP contribution is -2.37. The Balaban J connectivity index is 2.16. The maximum atomic E-state index is 12.9. The summed E-state index contributed by atoms with van der Waals surface area (Å²) in [5.74, 6) is -1.28. The molecule has 13 heteroatoms. The molecule has 0 saturated heterocycles. The fraction of sp³-hybridized carbons (Fsp3) is 0.333. The van der Waals surface area contributed by atoms with Crippen LogP contribution in [0.5, 0.6) is 11.5 Å². The zero-order chi connectivity index (χ0) is 25.7. The molecule has 4 N–H and O–H groups in total. The SMILES string of the molecule is COc1ccc(Br)cc1S(=O)(=O)Nc1cc(Cl)cc(C(=O)NCCNC(=O)OC(C)(C)C)c1O. The van der Waals surface area contributed by atoms with Crippen molar-refractivity contribution in [2.75, 3.05) is 24.9 Å². The van der Waals surface area contributed by atoms with E-state index < -0.39 is 33.4 Å². The number of amides is 2. The van der Waals surface area contributed by atoms with Crippen LogP contribution >= 0.6 is 27.5 Å². The third-order valence-electron chi connectivity index (χ3n) is 4.06. The van der Waals surface area contributed by atoms with Crippen molar-refractivity contribution in [1.82, 2.24) is 10.6 Å². The van der Waals surface area contributed by atoms with Gasteiger partial charge >= 0.3 is 6.09 Å². The zero-order valence-corrected chi connectivity index (χ0v) is 22.0. The molecular formula is C21H25BrClN3O7S. The second kappa shape index (κ2) is 11.2. The van der Waals surface area contributed by atoms with Gasteiger partial charge in [0.2, 0.25) is 0 Å². The van der Waals surface area contributed by atoms with Crippen molar-refractivity contribution in [3.8, 4) is 11.5 Å². The van der Waals surface area contributed by atoms with Crippen LogP contribution in [-0.4, -0.2) is 51.3 Å². The van der Waals surface area contributed by atoms with Crippen LogP contribution in [0, 0.1) is 0 Å². The molecule has 2 amide bonds. The molecule has 186 valence electrons. The van der Waals surface area contributed by atoms with Crippen LogP contribution in [0.1, 0.15) is 31.1 Å². The van der Waals surface area contributed by atoms with Crippen LogP contribution in [0.4, 0.5) is 10.5 Å². The number of phenolic OH excluding ortho intramolecular Hbond substituents is 1. The van der Waals surface area contributed by atoms with Gasteiger partial charge in [-0.05, 0) is 51.1 Å². The zero-order valence-electron chi connectivity index (χ0n) is 18.9. The summed E-state index contributed by atoms with van der Waals surface area (Å²) < 4.78 is 38.8. The van der Waals surface area contributed by atoms with E-state index in [4.69, 9.17) is 21.1 Å². The predicted octanol–water partition coefficient (Wildman–Crippen LogP) is 3.87. The van der Waals surface area contributed by atoms with E-state index >= 15 is 0 Å². The van der Waals surface area contributed by atoms with Gasteiger partial charge in [-0.25, -0.2) is 13.2 Å². The number of carbonyl (C=O) groups excluding carboxylic acids is 2. The average molecular weight is 579 g/mol. The third kappa shape index (κ3) is 7.67. The fourth-order valence-electron chi connectivity index (χ4n) is 2.66. The predicted molar refractivity (Wildman–Crippen MR) is 131 cm³/mol. The van der Waals surface area contributed by atoms with Crippen molar-refractivity contribution in [2.24, 2.45) is 0 Å². The number of halogens is 2. The largest absolute Gasteiger partial charge is 0.505 e. The molecule has 0 aliphatic carbocycles. The molecule has 0 aliphatic rings. The summed E-state index contributed by atoms with van der Waals surface area (Å²) in [6.07, 6.45) is -0.646. The summed E-state index contributed by atoms with van der Waals surface area (Å²) in [4.78, 5) is 24.0. The van der Waals surface area contributed by atoms with Crippen LogP contribution < -0.4 is 20.1 Å². The van der Waals surface area contributed by atoms with Crippen LogP contribution in [0.25, 0.3) is 0 Å². The molecule has 10 nitrogen and oxygen atoms in total. The molecule has 2 rings (SSSR count). The summed E-state index contributed by atoms with van der Waals surface area (Å²) in [5, 5.41) is 15.6. The van der Waals surface area contributed by atoms with Gasteiger partial charge in [0, 0.05) is 22.6 Å². The Bertz CT molecular complexity index is 1180. The highest BCUT2D eigenvalue weighted by Gasteiger charge is 2.24. The van der Waals surface area contributed by atoms with Gasteiger partial charge in [0.15, 0.2) is 5.75 Å². The molecule has 2 aromatic rings. The van der Waals surface area contributed by atoms with E-state index in [9.17, 15) is 23.1 Å². The number of rotatable bonds is 8. The van der Waals surface area contributed by atoms with Gasteiger partial charge in [0.25, 0.3) is 15.9 Å². The molecule has 34 heavy (non-hydrogen) atoms. The third-order valence-corrected chi connectivity index (χ3v) is 6.16. The molecule has 0 atom stereocenters. The highest BCUT2D eigenvalue weighted by molar-refractivity contribution is 9.10. The molecule has 0 bridgehead atoms. The minimum atomic E-state index is -4.22. The molecular weight excluding hydrogens is 554 g/mol. The Labute approximate surface area is 211 Å². The van der Waals surface area contributed by atoms with Crippen LogP contribution in [0.2, 0.25) is 5.02 Å². The van der Waals surface area contributed by atoms with Gasteiger partial charge in [0.05, 0.1) is 18.4 Å². The number of hydrogen-bond donors (Lipinski definition) is 4. The topological polar surface area (TPSA) is 143 Å². The van der Waals surface area contributed by atoms with Gasteiger partial charge < -0.3 is 25.2 Å². The van der Waals surface area contributed by atoms with Crippen molar-refractivity contribution in [3.63, 3.8) is 0 Å². The minimum absolute atomic E-state index is 0.00809. The summed E-state index contributed by atoms with van der Waals surface area (Å²) in [6.45, 7) is 5.23. The summed E-state index contributed by atoms with van der Waals surface area (Å²) in [7, 11) is -2.90. The molecule has 0 saturated carbocycles. The maximum absolute atomic E-state index is 12.9. The molecule has 0 spiro atoms. The van der Waals surface area contributed by atoms with E-state index in [0.29, 0.717) is 4.47 Å². The van der Waals surface area contributed by atoms with E-state index in [2.05, 4.69) is 31.3 Å². The number of anilines is 1. The van der Waals surface area contributed by atoms with Gasteiger partial charge in [-0.1, -0.05) is 27.5 Å². The lowest BCUT2D eigenvalue weighted by atomic mass is 10.1. The number of sulfonamides is 1. The van der Waals surface area contributed by atoms with Crippen molar-refractivity contribution in [1.29, 1.82) is 0 Å². The highest BCUT2D eigenvalue weighted by Crippen LogP contribution is 2.35. The molecule has 0 aromatic heterocycles. The number of phenols is 1. The second-order valence-electron chi connectivity index (χ2n) is 7.93. The normalized spacial score (nSPS) is 11.5. The van der Waals surface area contributed by atoms with Crippen molar-refractivity contribution < 1.29 is 32.6 Å². The second-order valence-corrected chi connectivity index (χ2v) is 10.9. The van der Waals surface area contributed by atoms with Gasteiger partial charge in [-0.3, -0.25) is 9.52 Å². The van der Waals surface area contributed by atoms with Crippen LogP contribution in [0.3, 0.4) is 0 Å². The smallest absolute Gasteiger partial charge is 0.407 e. The Kier molecular flexibility index (Phi) is 9.03. The molecule has 0 aliphatic heterocycles. The number of aromatic hydroxyl groups is 1. The number of methoxy groups -OCH3 is 1. The monoisotopic (exact) mass is 577 g/mol. The first-order chi connectivity index (χ1) is 15.7. The number of ether oxygens (including phenoxy) is 2. The highest BCUT2D eigenvalue weighted by atomic mass is 79.9. The van der Waals surface area contributed by atoms with E-state index in [-0.39, 0.29) is 40.0 Å². The van der Waals surface area contributed by atoms with E-state index in [1.54, 1.807) is 26.8 Å². The first-order valence-corrected chi connectivity index (χ1v) is 12.5. The standard InChI is InChI=1S/C21H25BrClN3O7S/c1-21(2,3)33-20(29)25-8-7-24-19(28)14-10-13(23)11-15(18(14)27)26-34(30,31)17-9-12(22)5-6-16(17)32-4/h5-6,9-11,26-27H,7-8H2,1-4H3,(H,24,28)(H,25,29). The van der Waals surface area contributed by atoms with Crippen molar-refractivity contribution in [3.05, 3.63) is 45.4 Å². The van der Waals surface area contributed by atoms with Gasteiger partial charge in [0.1, 0.15) is 16.2 Å². The number of carbonyl (C=O) groups is 2. The molecule has 0 heterocycles. The van der Waals surface area contributed by atoms with Crippen LogP contribution in [0.15, 0.2) is 39.7 Å². The summed E-state index contributed by atoms with van der Waals surface area (Å²) in [5.41, 5.74) is -1.22. The Morgan fingerprint density at radius 3 is 2.38 bits per heavy atom. The Morgan fingerprint density at radius 1 is 1.12 bits per heavy atom. The molecule has 2 aromatic carbocycles. The molecule has 0 fully saturated rings. The van der Waals surface area contributed by atoms with E-state index in [1.165, 1.54) is 31.4 Å². The van der Waals surface area contributed by atoms with Gasteiger partial charge in [-0.15, -0.1) is 0 Å². The lowest BCUT2D eigenvalue weighted by molar-refractivity contribution is 0.0526. The number of alkyl carbamates (subject to hydrolysis) is 1. The van der Waals surface area contributed by atoms with Crippen LogP contribution in [-0.2, 0) is 14.8 Å². The summed E-state index contributed by atoms with van der Waals surface area (Å²) in [6, 6.07) is 6.74. The first kappa shape index (κ1) is 27.5. The van der Waals surface area contributed by atoms with Crippen molar-refractivity contribution in [2.45, 2.75) is 31.3 Å². The number of nitrogens with one attached hydrogen (secondary N) is 3. The average Bonchev–Trinajstić information content (AvgIpc) is 2.72. The number of benzene rings is 2. The fourth-order valence-corrected chi connectivity index (χ4v) is 4.64. The molecule has 0 radical (unpaired) electrons. The number of hydrogen-bond acceptors (Lipinski definition) is 7. The maximum Gasteiger partial charge on any atom is 0.407 e. The van der Waals surface area contributed by atoms with Crippen molar-refractivity contribution >= 4 is 55.2 Å². The summed E-state index contributed by atoms with van der Waals surface area (Å²) >= 11 is 9.27. The van der Waals surface area contributed by atoms with E-state index in [0.717, 1.165) is 0 Å². The first-order valence-electron chi connectivity index (χ1n) is 9.87. The van der Waals surface area contributed by atoms with E-state index in [1.807, 2.05) is 0 Å². The van der Waals surface area contributed by atoms with Gasteiger partial charge in [-0.2, -0.15) is 0 Å². The lowest BCUT2D eigenvalue weighted by Gasteiger charge is -2.19.